The number of nitrogens with two attached hydrogens (primary N) is 1. The molecule has 0 atom stereocenters. The van der Waals surface area contributed by atoms with Crippen molar-refractivity contribution in [2.24, 2.45) is 0 Å². The number of anilines is 1. The van der Waals surface area contributed by atoms with Crippen molar-refractivity contribution in [2.75, 3.05) is 12.3 Å². The van der Waals surface area contributed by atoms with E-state index in [4.69, 9.17) is 5.73 Å². The van der Waals surface area contributed by atoms with Gasteiger partial charge in [-0.2, -0.15) is 0 Å². The van der Waals surface area contributed by atoms with E-state index in [1.807, 2.05) is 29.3 Å². The van der Waals surface area contributed by atoms with Crippen molar-refractivity contribution in [3.63, 3.8) is 0 Å². The number of hydrogen-bond acceptors (Lipinski definition) is 2. The van der Waals surface area contributed by atoms with Crippen molar-refractivity contribution in [3.8, 4) is 0 Å². The average molecular weight is 271 g/mol. The fourth-order valence-corrected chi connectivity index (χ4v) is 3.25. The predicted octanol–water partition coefficient (Wildman–Crippen LogP) is 3.15. The maximum absolute atomic E-state index is 12.8. The van der Waals surface area contributed by atoms with Crippen LogP contribution in [0.3, 0.4) is 0 Å². The lowest BCUT2D eigenvalue weighted by Crippen LogP contribution is -2.38. The first-order valence-corrected chi connectivity index (χ1v) is 7.38. The van der Waals surface area contributed by atoms with E-state index >= 15 is 0 Å². The second-order valence-corrected chi connectivity index (χ2v) is 5.54. The molecule has 4 nitrogen and oxygen atoms in total. The minimum Gasteiger partial charge on any atom is -0.399 e. The molecule has 106 valence electrons. The van der Waals surface area contributed by atoms with Gasteiger partial charge in [0.15, 0.2) is 0 Å². The molecule has 3 rings (SSSR count). The molecule has 1 aliphatic rings. The minimum atomic E-state index is 0.122. The van der Waals surface area contributed by atoms with Crippen LogP contribution in [-0.2, 0) is 0 Å². The normalized spacial score (nSPS) is 15.8. The monoisotopic (exact) mass is 271 g/mol. The number of nitrogens with zero attached hydrogens (tertiary/aromatic N) is 1. The Balaban J connectivity index is 1.96. The maximum Gasteiger partial charge on any atom is 0.256 e. The van der Waals surface area contributed by atoms with Gasteiger partial charge >= 0.3 is 0 Å². The van der Waals surface area contributed by atoms with Crippen LogP contribution < -0.4 is 5.73 Å². The van der Waals surface area contributed by atoms with E-state index in [-0.39, 0.29) is 5.91 Å². The van der Waals surface area contributed by atoms with Crippen molar-refractivity contribution in [1.82, 2.24) is 9.88 Å². The summed E-state index contributed by atoms with van der Waals surface area (Å²) in [5.41, 5.74) is 8.23. The Labute approximate surface area is 118 Å². The van der Waals surface area contributed by atoms with Crippen molar-refractivity contribution < 1.29 is 4.79 Å². The highest BCUT2D eigenvalue weighted by atomic mass is 16.2. The van der Waals surface area contributed by atoms with Crippen molar-refractivity contribution >= 4 is 22.5 Å². The van der Waals surface area contributed by atoms with Crippen LogP contribution in [0.15, 0.2) is 24.4 Å². The van der Waals surface area contributed by atoms with E-state index in [1.54, 1.807) is 0 Å². The highest BCUT2D eigenvalue weighted by Gasteiger charge is 2.27. The number of fused-ring (bicyclic) bond motifs is 1. The van der Waals surface area contributed by atoms with Gasteiger partial charge in [0.25, 0.3) is 5.91 Å². The van der Waals surface area contributed by atoms with Crippen molar-refractivity contribution in [3.05, 3.63) is 30.0 Å². The number of amides is 1. The summed E-state index contributed by atoms with van der Waals surface area (Å²) < 4.78 is 0. The smallest absolute Gasteiger partial charge is 0.256 e. The zero-order valence-corrected chi connectivity index (χ0v) is 11.9. The SMILES string of the molecule is CCN(C(=O)c1c[nH]c2ccc(N)cc12)C1CCCC1. The lowest BCUT2D eigenvalue weighted by atomic mass is 10.1. The number of H-pyrrole nitrogens is 1. The summed E-state index contributed by atoms with van der Waals surface area (Å²) in [6, 6.07) is 6.05. The molecular weight excluding hydrogens is 250 g/mol. The van der Waals surface area contributed by atoms with Gasteiger partial charge < -0.3 is 15.6 Å². The second-order valence-electron chi connectivity index (χ2n) is 5.54. The molecule has 0 aliphatic heterocycles. The predicted molar refractivity (Wildman–Crippen MR) is 81.7 cm³/mol. The number of nitrogens with one attached hydrogen (secondary N) is 1. The number of hydrogen-bond donors (Lipinski definition) is 2. The molecule has 1 fully saturated rings. The third-order valence-electron chi connectivity index (χ3n) is 4.30. The van der Waals surface area contributed by atoms with E-state index in [9.17, 15) is 4.79 Å². The van der Waals surface area contributed by atoms with Crippen LogP contribution in [0, 0.1) is 0 Å². The van der Waals surface area contributed by atoms with E-state index in [0.29, 0.717) is 11.7 Å². The summed E-state index contributed by atoms with van der Waals surface area (Å²) in [5, 5.41) is 0.923. The first kappa shape index (κ1) is 13.0. The molecule has 2 aromatic rings. The summed E-state index contributed by atoms with van der Waals surface area (Å²) in [5.74, 6) is 0.122. The Morgan fingerprint density at radius 3 is 2.85 bits per heavy atom. The zero-order valence-electron chi connectivity index (χ0n) is 11.9. The van der Waals surface area contributed by atoms with Crippen molar-refractivity contribution in [1.29, 1.82) is 0 Å². The van der Waals surface area contributed by atoms with Crippen LogP contribution in [0.1, 0.15) is 43.0 Å². The van der Waals surface area contributed by atoms with Gasteiger partial charge in [-0.3, -0.25) is 4.79 Å². The molecule has 0 saturated heterocycles. The highest BCUT2D eigenvalue weighted by molar-refractivity contribution is 6.07. The Bertz CT molecular complexity index is 626. The van der Waals surface area contributed by atoms with Gasteiger partial charge in [-0.05, 0) is 38.0 Å². The fourth-order valence-electron chi connectivity index (χ4n) is 3.25. The molecule has 1 aromatic carbocycles. The summed E-state index contributed by atoms with van der Waals surface area (Å²) in [6.07, 6.45) is 6.53. The van der Waals surface area contributed by atoms with E-state index < -0.39 is 0 Å². The zero-order chi connectivity index (χ0) is 14.1. The largest absolute Gasteiger partial charge is 0.399 e. The molecule has 0 radical (unpaired) electrons. The van der Waals surface area contributed by atoms with E-state index in [1.165, 1.54) is 12.8 Å². The minimum absolute atomic E-state index is 0.122. The molecular formula is C16H21N3O. The number of carbonyl (C=O) groups excluding carboxylic acids is 1. The lowest BCUT2D eigenvalue weighted by molar-refractivity contribution is 0.0695. The number of nitrogen functional groups attached to an aromatic ring is 1. The van der Waals surface area contributed by atoms with E-state index in [2.05, 4.69) is 11.9 Å². The standard InChI is InChI=1S/C16H21N3O/c1-2-19(12-5-3-4-6-12)16(20)14-10-18-15-8-7-11(17)9-13(14)15/h7-10,12,18H,2-6,17H2,1H3. The highest BCUT2D eigenvalue weighted by Crippen LogP contribution is 2.27. The van der Waals surface area contributed by atoms with Crippen LogP contribution in [-0.4, -0.2) is 28.4 Å². The Morgan fingerprint density at radius 1 is 1.40 bits per heavy atom. The molecule has 0 spiro atoms. The molecule has 1 heterocycles. The topological polar surface area (TPSA) is 62.1 Å². The summed E-state index contributed by atoms with van der Waals surface area (Å²) in [4.78, 5) is 18.0. The first-order valence-electron chi connectivity index (χ1n) is 7.38. The molecule has 1 aromatic heterocycles. The van der Waals surface area contributed by atoms with Crippen LogP contribution in [0.4, 0.5) is 5.69 Å². The van der Waals surface area contributed by atoms with Gasteiger partial charge in [0, 0.05) is 35.4 Å². The number of benzene rings is 1. The Kier molecular flexibility index (Phi) is 3.38. The summed E-state index contributed by atoms with van der Waals surface area (Å²) in [7, 11) is 0. The summed E-state index contributed by atoms with van der Waals surface area (Å²) >= 11 is 0. The summed E-state index contributed by atoms with van der Waals surface area (Å²) in [6.45, 7) is 2.82. The van der Waals surface area contributed by atoms with Crippen LogP contribution in [0.2, 0.25) is 0 Å². The number of aromatic amines is 1. The quantitative estimate of drug-likeness (QED) is 0.842. The first-order chi connectivity index (χ1) is 9.70. The van der Waals surface area contributed by atoms with Gasteiger partial charge in [0.1, 0.15) is 0 Å². The molecule has 0 bridgehead atoms. The number of carbonyl (C=O) groups is 1. The van der Waals surface area contributed by atoms with Gasteiger partial charge in [0.05, 0.1) is 5.56 Å². The lowest BCUT2D eigenvalue weighted by Gasteiger charge is -2.27. The third-order valence-corrected chi connectivity index (χ3v) is 4.30. The Morgan fingerprint density at radius 2 is 2.15 bits per heavy atom. The van der Waals surface area contributed by atoms with Crippen LogP contribution >= 0.6 is 0 Å². The van der Waals surface area contributed by atoms with Crippen molar-refractivity contribution in [2.45, 2.75) is 38.6 Å². The van der Waals surface area contributed by atoms with Gasteiger partial charge in [0.2, 0.25) is 0 Å². The van der Waals surface area contributed by atoms with Gasteiger partial charge in [-0.15, -0.1) is 0 Å². The maximum atomic E-state index is 12.8. The molecule has 1 saturated carbocycles. The fraction of sp³-hybridized carbons (Fsp3) is 0.438. The second kappa shape index (κ2) is 5.19. The molecule has 3 N–H and O–H groups in total. The van der Waals surface area contributed by atoms with Gasteiger partial charge in [-0.1, -0.05) is 12.8 Å². The average Bonchev–Trinajstić information content (AvgIpc) is 3.08. The Hall–Kier alpha value is -1.97. The molecule has 1 aliphatic carbocycles. The third kappa shape index (κ3) is 2.15. The number of rotatable bonds is 3. The van der Waals surface area contributed by atoms with Gasteiger partial charge in [-0.25, -0.2) is 0 Å². The molecule has 0 unspecified atom stereocenters. The molecule has 1 amide bonds. The molecule has 4 heteroatoms. The van der Waals surface area contributed by atoms with Crippen LogP contribution in [0.25, 0.3) is 10.9 Å². The van der Waals surface area contributed by atoms with E-state index in [0.717, 1.165) is 35.9 Å². The van der Waals surface area contributed by atoms with Crippen LogP contribution in [0.5, 0.6) is 0 Å². The molecule has 20 heavy (non-hydrogen) atoms. The number of aromatic nitrogens is 1.